The molecule has 0 aromatic carbocycles. The molecule has 0 aliphatic carbocycles. The zero-order valence-corrected chi connectivity index (χ0v) is 43.7. The van der Waals surface area contributed by atoms with E-state index in [2.05, 4.69) is 38.2 Å². The van der Waals surface area contributed by atoms with Crippen molar-refractivity contribution in [2.45, 2.75) is 264 Å². The lowest BCUT2D eigenvalue weighted by atomic mass is 10.0. The lowest BCUT2D eigenvalue weighted by Crippen LogP contribution is -2.37. The number of phosphoric acid groups is 1. The number of unbranched alkanes of at least 4 members (excludes halogenated alkanes) is 32. The van der Waals surface area contributed by atoms with E-state index in [1.807, 2.05) is 21.1 Å². The van der Waals surface area contributed by atoms with E-state index in [0.717, 1.165) is 38.5 Å². The molecule has 1 N–H and O–H groups in total. The first-order valence-electron chi connectivity index (χ1n) is 27.1. The second-order valence-electron chi connectivity index (χ2n) is 19.6. The molecule has 10 heteroatoms. The van der Waals surface area contributed by atoms with Crippen LogP contribution in [0.4, 0.5) is 0 Å². The van der Waals surface area contributed by atoms with Crippen LogP contribution >= 0.6 is 7.82 Å². The van der Waals surface area contributed by atoms with Gasteiger partial charge in [-0.3, -0.25) is 18.6 Å². The van der Waals surface area contributed by atoms with Gasteiger partial charge in [-0.15, -0.1) is 0 Å². The summed E-state index contributed by atoms with van der Waals surface area (Å²) in [6.07, 6.45) is 53.7. The molecule has 0 heterocycles. The molecule has 64 heavy (non-hydrogen) atoms. The highest BCUT2D eigenvalue weighted by molar-refractivity contribution is 7.47. The zero-order chi connectivity index (χ0) is 47.1. The first-order chi connectivity index (χ1) is 31.0. The molecule has 9 nitrogen and oxygen atoms in total. The first kappa shape index (κ1) is 62.5. The fourth-order valence-electron chi connectivity index (χ4n) is 7.75. The third-order valence-corrected chi connectivity index (χ3v) is 13.0. The van der Waals surface area contributed by atoms with Gasteiger partial charge in [-0.25, -0.2) is 4.57 Å². The van der Waals surface area contributed by atoms with Crippen molar-refractivity contribution in [2.24, 2.45) is 0 Å². The number of rotatable bonds is 50. The minimum absolute atomic E-state index is 0.0343. The Morgan fingerprint density at radius 3 is 1.23 bits per heavy atom. The van der Waals surface area contributed by atoms with Gasteiger partial charge in [0.1, 0.15) is 19.8 Å². The van der Waals surface area contributed by atoms with Gasteiger partial charge in [0, 0.05) is 12.8 Å². The van der Waals surface area contributed by atoms with E-state index in [-0.39, 0.29) is 25.6 Å². The summed E-state index contributed by atoms with van der Waals surface area (Å²) in [5.74, 6) is -0.785. The fraction of sp³-hybridized carbons (Fsp3) is 0.889. The Balaban J connectivity index is 4.15. The summed E-state index contributed by atoms with van der Waals surface area (Å²) in [6, 6.07) is 0. The third-order valence-electron chi connectivity index (χ3n) is 12.0. The van der Waals surface area contributed by atoms with E-state index in [0.29, 0.717) is 23.9 Å². The van der Waals surface area contributed by atoms with Crippen LogP contribution in [0.25, 0.3) is 0 Å². The van der Waals surface area contributed by atoms with E-state index >= 15 is 0 Å². The van der Waals surface area contributed by atoms with Crippen molar-refractivity contribution in [1.29, 1.82) is 0 Å². The predicted octanol–water partition coefficient (Wildman–Crippen LogP) is 16.3. The Morgan fingerprint density at radius 2 is 0.844 bits per heavy atom. The number of carbonyl (C=O) groups is 2. The van der Waals surface area contributed by atoms with Crippen molar-refractivity contribution in [3.63, 3.8) is 0 Å². The number of quaternary nitrogens is 1. The standard InChI is InChI=1S/C54H104NO8P/c1-6-8-10-12-14-16-18-20-22-23-24-25-26-27-28-29-30-31-33-35-37-39-41-43-45-47-54(57)63-52(51-62-64(58,59)61-49-48-55(3,4)5)50-60-53(56)46-44-42-40-38-36-34-32-21-19-17-15-13-11-9-7-2/h18,20,23-24,52H,6-17,19,21-22,25-51H2,1-5H3/p+1/b20-18-,24-23-. The second kappa shape index (κ2) is 46.6. The molecule has 378 valence electrons. The largest absolute Gasteiger partial charge is 0.472 e. The summed E-state index contributed by atoms with van der Waals surface area (Å²) in [5, 5.41) is 0. The molecule has 0 saturated carbocycles. The molecule has 0 bridgehead atoms. The second-order valence-corrected chi connectivity index (χ2v) is 21.1. The Morgan fingerprint density at radius 1 is 0.484 bits per heavy atom. The Bertz CT molecular complexity index is 1140. The first-order valence-corrected chi connectivity index (χ1v) is 28.6. The molecule has 0 aliphatic heterocycles. The fourth-order valence-corrected chi connectivity index (χ4v) is 8.49. The lowest BCUT2D eigenvalue weighted by Gasteiger charge is -2.24. The van der Waals surface area contributed by atoms with Crippen molar-refractivity contribution in [3.05, 3.63) is 24.3 Å². The molecule has 0 radical (unpaired) electrons. The number of esters is 2. The van der Waals surface area contributed by atoms with Gasteiger partial charge in [-0.2, -0.15) is 0 Å². The number of ether oxygens (including phenoxy) is 2. The molecule has 0 amide bonds. The van der Waals surface area contributed by atoms with Gasteiger partial charge in [-0.1, -0.05) is 224 Å². The van der Waals surface area contributed by atoms with E-state index < -0.39 is 26.5 Å². The predicted molar refractivity (Wildman–Crippen MR) is 271 cm³/mol. The molecular weight excluding hydrogens is 822 g/mol. The van der Waals surface area contributed by atoms with Gasteiger partial charge in [0.2, 0.25) is 0 Å². The van der Waals surface area contributed by atoms with Crippen LogP contribution in [0.3, 0.4) is 0 Å². The quantitative estimate of drug-likeness (QED) is 0.0211. The molecule has 0 rings (SSSR count). The molecule has 0 fully saturated rings. The van der Waals surface area contributed by atoms with Crippen molar-refractivity contribution in [1.82, 2.24) is 0 Å². The van der Waals surface area contributed by atoms with Crippen LogP contribution < -0.4 is 0 Å². The number of carbonyl (C=O) groups excluding carboxylic acids is 2. The Kier molecular flexibility index (Phi) is 45.5. The maximum Gasteiger partial charge on any atom is 0.472 e. The van der Waals surface area contributed by atoms with E-state index in [1.54, 1.807) is 0 Å². The summed E-state index contributed by atoms with van der Waals surface area (Å²) in [5.41, 5.74) is 0. The molecule has 0 spiro atoms. The minimum atomic E-state index is -4.38. The van der Waals surface area contributed by atoms with Crippen LogP contribution in [0.5, 0.6) is 0 Å². The Hall–Kier alpha value is -1.51. The normalized spacial score (nSPS) is 13.5. The summed E-state index contributed by atoms with van der Waals surface area (Å²) in [6.45, 7) is 4.46. The van der Waals surface area contributed by atoms with Gasteiger partial charge in [0.15, 0.2) is 6.10 Å². The van der Waals surface area contributed by atoms with Gasteiger partial charge in [-0.05, 0) is 44.9 Å². The van der Waals surface area contributed by atoms with Crippen LogP contribution in [0, 0.1) is 0 Å². The third kappa shape index (κ3) is 49.9. The monoisotopic (exact) mass is 927 g/mol. The maximum absolute atomic E-state index is 12.8. The molecule has 0 saturated heterocycles. The zero-order valence-electron chi connectivity index (χ0n) is 42.8. The molecule has 0 aromatic rings. The smallest absolute Gasteiger partial charge is 0.462 e. The summed E-state index contributed by atoms with van der Waals surface area (Å²) in [4.78, 5) is 35.6. The van der Waals surface area contributed by atoms with Crippen LogP contribution in [-0.2, 0) is 32.7 Å². The van der Waals surface area contributed by atoms with Crippen molar-refractivity contribution < 1.29 is 42.1 Å². The van der Waals surface area contributed by atoms with Crippen molar-refractivity contribution in [2.75, 3.05) is 47.5 Å². The molecular formula is C54H105NO8P+. The van der Waals surface area contributed by atoms with Gasteiger partial charge in [0.05, 0.1) is 27.7 Å². The Labute approximate surface area is 396 Å². The maximum atomic E-state index is 12.8. The average Bonchev–Trinajstić information content (AvgIpc) is 3.25. The number of nitrogens with zero attached hydrogens (tertiary/aromatic N) is 1. The molecule has 0 aromatic heterocycles. The van der Waals surface area contributed by atoms with E-state index in [9.17, 15) is 19.0 Å². The lowest BCUT2D eigenvalue weighted by molar-refractivity contribution is -0.870. The SMILES string of the molecule is CCCCCCC/C=C\C/C=C\CCCCCCCCCCCCCCCC(=O)OC(COC(=O)CCCCCCCCCCCCCCCCC)COP(=O)(O)OCC[N+](C)(C)C. The van der Waals surface area contributed by atoms with Crippen LogP contribution in [0.1, 0.15) is 258 Å². The average molecular weight is 927 g/mol. The van der Waals surface area contributed by atoms with Crippen LogP contribution in [0.2, 0.25) is 0 Å². The van der Waals surface area contributed by atoms with Crippen molar-refractivity contribution in [3.8, 4) is 0 Å². The topological polar surface area (TPSA) is 108 Å². The van der Waals surface area contributed by atoms with Gasteiger partial charge < -0.3 is 18.9 Å². The number of likely N-dealkylation sites (N-methyl/N-ethyl adjacent to an activating group) is 1. The van der Waals surface area contributed by atoms with E-state index in [1.165, 1.54) is 186 Å². The van der Waals surface area contributed by atoms with Gasteiger partial charge >= 0.3 is 19.8 Å². The number of hydrogen-bond donors (Lipinski definition) is 1. The highest BCUT2D eigenvalue weighted by Crippen LogP contribution is 2.43. The van der Waals surface area contributed by atoms with Crippen LogP contribution in [0.15, 0.2) is 24.3 Å². The summed E-state index contributed by atoms with van der Waals surface area (Å²) < 4.78 is 34.5. The number of hydrogen-bond acceptors (Lipinski definition) is 7. The molecule has 2 unspecified atom stereocenters. The number of phosphoric ester groups is 1. The summed E-state index contributed by atoms with van der Waals surface area (Å²) in [7, 11) is 1.49. The molecule has 2 atom stereocenters. The highest BCUT2D eigenvalue weighted by Gasteiger charge is 2.27. The van der Waals surface area contributed by atoms with Gasteiger partial charge in [0.25, 0.3) is 0 Å². The van der Waals surface area contributed by atoms with Crippen molar-refractivity contribution >= 4 is 19.8 Å². The molecule has 0 aliphatic rings. The van der Waals surface area contributed by atoms with E-state index in [4.69, 9.17) is 18.5 Å². The van der Waals surface area contributed by atoms with Crippen LogP contribution in [-0.4, -0.2) is 74.9 Å². The number of allylic oxidation sites excluding steroid dienone is 4. The highest BCUT2D eigenvalue weighted by atomic mass is 31.2. The minimum Gasteiger partial charge on any atom is -0.462 e. The summed E-state index contributed by atoms with van der Waals surface area (Å²) >= 11 is 0.